The SMILES string of the molecule is O=C(NCc1ccc2[nH]c(=O)[nH]c2c1)c1ccc(C(F)(F)F)cc1. The van der Waals surface area contributed by atoms with Crippen molar-refractivity contribution in [2.75, 3.05) is 0 Å². The van der Waals surface area contributed by atoms with Crippen LogP contribution in [0.1, 0.15) is 21.5 Å². The molecular formula is C16H12F3N3O2. The van der Waals surface area contributed by atoms with Crippen LogP contribution in [0.2, 0.25) is 0 Å². The Morgan fingerprint density at radius 2 is 1.67 bits per heavy atom. The van der Waals surface area contributed by atoms with Crippen molar-refractivity contribution in [3.63, 3.8) is 0 Å². The summed E-state index contributed by atoms with van der Waals surface area (Å²) < 4.78 is 37.5. The van der Waals surface area contributed by atoms with Gasteiger partial charge in [-0.25, -0.2) is 4.79 Å². The molecule has 0 atom stereocenters. The molecule has 0 bridgehead atoms. The van der Waals surface area contributed by atoms with Gasteiger partial charge in [-0.3, -0.25) is 4.79 Å². The molecule has 0 aliphatic heterocycles. The smallest absolute Gasteiger partial charge is 0.348 e. The van der Waals surface area contributed by atoms with Crippen LogP contribution >= 0.6 is 0 Å². The van der Waals surface area contributed by atoms with E-state index in [4.69, 9.17) is 0 Å². The van der Waals surface area contributed by atoms with Crippen molar-refractivity contribution >= 4 is 16.9 Å². The quantitative estimate of drug-likeness (QED) is 0.688. The first kappa shape index (κ1) is 15.9. The van der Waals surface area contributed by atoms with E-state index in [-0.39, 0.29) is 17.8 Å². The first-order chi connectivity index (χ1) is 11.3. The van der Waals surface area contributed by atoms with Gasteiger partial charge in [0.05, 0.1) is 16.6 Å². The lowest BCUT2D eigenvalue weighted by atomic mass is 10.1. The molecular weight excluding hydrogens is 323 g/mol. The van der Waals surface area contributed by atoms with Crippen LogP contribution in [0.3, 0.4) is 0 Å². The second-order valence-corrected chi connectivity index (χ2v) is 5.22. The molecule has 0 fully saturated rings. The van der Waals surface area contributed by atoms with Gasteiger partial charge < -0.3 is 15.3 Å². The molecule has 1 heterocycles. The number of rotatable bonds is 3. The molecule has 3 N–H and O–H groups in total. The predicted molar refractivity (Wildman–Crippen MR) is 81.5 cm³/mol. The summed E-state index contributed by atoms with van der Waals surface area (Å²) in [6.45, 7) is 0.184. The second kappa shape index (κ2) is 5.88. The van der Waals surface area contributed by atoms with E-state index >= 15 is 0 Å². The minimum Gasteiger partial charge on any atom is -0.348 e. The predicted octanol–water partition coefficient (Wildman–Crippen LogP) is 2.81. The molecule has 8 heteroatoms. The molecule has 3 rings (SSSR count). The Bertz CT molecular complexity index is 940. The maximum absolute atomic E-state index is 12.5. The van der Waals surface area contributed by atoms with Crippen molar-refractivity contribution in [3.05, 3.63) is 69.6 Å². The van der Waals surface area contributed by atoms with Crippen LogP contribution < -0.4 is 11.0 Å². The van der Waals surface area contributed by atoms with E-state index in [0.717, 1.165) is 29.8 Å². The molecule has 0 saturated heterocycles. The number of carbonyl (C=O) groups is 1. The fraction of sp³-hybridized carbons (Fsp3) is 0.125. The zero-order chi connectivity index (χ0) is 17.3. The molecule has 0 aliphatic carbocycles. The standard InChI is InChI=1S/C16H12F3N3O2/c17-16(18,19)11-4-2-10(3-5-11)14(23)20-8-9-1-6-12-13(7-9)22-15(24)21-12/h1-7H,8H2,(H,20,23)(H2,21,22,24). The Balaban J connectivity index is 1.68. The van der Waals surface area contributed by atoms with Crippen LogP contribution in [0.25, 0.3) is 11.0 Å². The first-order valence-electron chi connectivity index (χ1n) is 6.99. The number of aromatic amines is 2. The normalized spacial score (nSPS) is 11.6. The summed E-state index contributed by atoms with van der Waals surface area (Å²) in [6, 6.07) is 9.14. The van der Waals surface area contributed by atoms with Crippen LogP contribution in [-0.4, -0.2) is 15.9 Å². The largest absolute Gasteiger partial charge is 0.416 e. The summed E-state index contributed by atoms with van der Waals surface area (Å²) in [5.74, 6) is -0.480. The average Bonchev–Trinajstić information content (AvgIpc) is 2.91. The Morgan fingerprint density at radius 1 is 1.00 bits per heavy atom. The maximum atomic E-state index is 12.5. The summed E-state index contributed by atoms with van der Waals surface area (Å²) in [6.07, 6.45) is -4.43. The molecule has 0 aliphatic rings. The number of benzene rings is 2. The third-order valence-corrected chi connectivity index (χ3v) is 3.51. The Kier molecular flexibility index (Phi) is 3.88. The summed E-state index contributed by atoms with van der Waals surface area (Å²) in [7, 11) is 0. The van der Waals surface area contributed by atoms with Gasteiger partial charge in [0.1, 0.15) is 0 Å². The van der Waals surface area contributed by atoms with E-state index in [0.29, 0.717) is 11.0 Å². The fourth-order valence-electron chi connectivity index (χ4n) is 2.28. The van der Waals surface area contributed by atoms with Gasteiger partial charge in [-0.05, 0) is 42.0 Å². The summed E-state index contributed by atoms with van der Waals surface area (Å²) >= 11 is 0. The number of H-pyrrole nitrogens is 2. The Labute approximate surface area is 133 Å². The maximum Gasteiger partial charge on any atom is 0.416 e. The van der Waals surface area contributed by atoms with Crippen molar-refractivity contribution in [2.45, 2.75) is 12.7 Å². The molecule has 3 aromatic rings. The van der Waals surface area contributed by atoms with Crippen LogP contribution in [-0.2, 0) is 12.7 Å². The second-order valence-electron chi connectivity index (χ2n) is 5.22. The van der Waals surface area contributed by atoms with Gasteiger partial charge >= 0.3 is 11.9 Å². The Hall–Kier alpha value is -3.03. The van der Waals surface area contributed by atoms with Gasteiger partial charge in [-0.15, -0.1) is 0 Å². The number of amides is 1. The molecule has 0 radical (unpaired) electrons. The third-order valence-electron chi connectivity index (χ3n) is 3.51. The van der Waals surface area contributed by atoms with Gasteiger partial charge in [-0.1, -0.05) is 6.07 Å². The summed E-state index contributed by atoms with van der Waals surface area (Å²) in [5, 5.41) is 2.62. The number of imidazole rings is 1. The summed E-state index contributed by atoms with van der Waals surface area (Å²) in [5.41, 5.74) is 1.02. The van der Waals surface area contributed by atoms with Crippen molar-refractivity contribution in [1.29, 1.82) is 0 Å². The van der Waals surface area contributed by atoms with Gasteiger partial charge in [0, 0.05) is 12.1 Å². The van der Waals surface area contributed by atoms with Gasteiger partial charge in [0.2, 0.25) is 0 Å². The molecule has 0 unspecified atom stereocenters. The van der Waals surface area contributed by atoms with E-state index in [1.807, 2.05) is 0 Å². The highest BCUT2D eigenvalue weighted by Crippen LogP contribution is 2.29. The molecule has 124 valence electrons. The van der Waals surface area contributed by atoms with E-state index in [2.05, 4.69) is 15.3 Å². The number of hydrogen-bond acceptors (Lipinski definition) is 2. The van der Waals surface area contributed by atoms with Crippen LogP contribution in [0, 0.1) is 0 Å². The zero-order valence-electron chi connectivity index (χ0n) is 12.2. The lowest BCUT2D eigenvalue weighted by Crippen LogP contribution is -2.22. The highest BCUT2D eigenvalue weighted by Gasteiger charge is 2.30. The van der Waals surface area contributed by atoms with Gasteiger partial charge in [-0.2, -0.15) is 13.2 Å². The van der Waals surface area contributed by atoms with Crippen molar-refractivity contribution in [3.8, 4) is 0 Å². The molecule has 1 amide bonds. The molecule has 24 heavy (non-hydrogen) atoms. The van der Waals surface area contributed by atoms with Crippen LogP contribution in [0.15, 0.2) is 47.3 Å². The number of alkyl halides is 3. The molecule has 5 nitrogen and oxygen atoms in total. The Morgan fingerprint density at radius 3 is 2.33 bits per heavy atom. The molecule has 1 aromatic heterocycles. The highest BCUT2D eigenvalue weighted by molar-refractivity contribution is 5.94. The highest BCUT2D eigenvalue weighted by atomic mass is 19.4. The molecule has 2 aromatic carbocycles. The monoisotopic (exact) mass is 335 g/mol. The van der Waals surface area contributed by atoms with Crippen molar-refractivity contribution in [2.24, 2.45) is 0 Å². The number of nitrogens with one attached hydrogen (secondary N) is 3. The molecule has 0 saturated carbocycles. The zero-order valence-corrected chi connectivity index (χ0v) is 12.2. The fourth-order valence-corrected chi connectivity index (χ4v) is 2.28. The van der Waals surface area contributed by atoms with Crippen molar-refractivity contribution in [1.82, 2.24) is 15.3 Å². The van der Waals surface area contributed by atoms with Crippen molar-refractivity contribution < 1.29 is 18.0 Å². The number of fused-ring (bicyclic) bond motifs is 1. The molecule has 0 spiro atoms. The van der Waals surface area contributed by atoms with E-state index in [1.54, 1.807) is 18.2 Å². The lowest BCUT2D eigenvalue weighted by molar-refractivity contribution is -0.137. The number of aromatic nitrogens is 2. The lowest BCUT2D eigenvalue weighted by Gasteiger charge is -2.08. The van der Waals surface area contributed by atoms with E-state index in [9.17, 15) is 22.8 Å². The van der Waals surface area contributed by atoms with E-state index in [1.165, 1.54) is 0 Å². The minimum atomic E-state index is -4.43. The van der Waals surface area contributed by atoms with Gasteiger partial charge in [0.15, 0.2) is 0 Å². The third kappa shape index (κ3) is 3.32. The number of halogens is 3. The van der Waals surface area contributed by atoms with Crippen LogP contribution in [0.5, 0.6) is 0 Å². The van der Waals surface area contributed by atoms with Gasteiger partial charge in [0.25, 0.3) is 5.91 Å². The van der Waals surface area contributed by atoms with Crippen LogP contribution in [0.4, 0.5) is 13.2 Å². The average molecular weight is 335 g/mol. The number of hydrogen-bond donors (Lipinski definition) is 3. The number of carbonyl (C=O) groups excluding carboxylic acids is 1. The topological polar surface area (TPSA) is 77.8 Å². The van der Waals surface area contributed by atoms with E-state index < -0.39 is 17.6 Å². The minimum absolute atomic E-state index is 0.138. The summed E-state index contributed by atoms with van der Waals surface area (Å²) in [4.78, 5) is 28.4. The first-order valence-corrected chi connectivity index (χ1v) is 6.99.